The van der Waals surface area contributed by atoms with E-state index in [-0.39, 0.29) is 6.61 Å². The van der Waals surface area contributed by atoms with E-state index in [0.717, 1.165) is 0 Å². The average molecular weight is 141 g/mol. The number of nitrogens with zero attached hydrogens (tertiary/aromatic N) is 2. The van der Waals surface area contributed by atoms with Gasteiger partial charge in [0.05, 0.1) is 6.61 Å². The van der Waals surface area contributed by atoms with Gasteiger partial charge >= 0.3 is 5.97 Å². The summed E-state index contributed by atoms with van der Waals surface area (Å²) < 4.78 is 4.41. The molecule has 5 nitrogen and oxygen atoms in total. The molecule has 0 aliphatic carbocycles. The number of esters is 1. The topological polar surface area (TPSA) is 88.5 Å². The number of nitrogens with two attached hydrogens (primary N) is 1. The van der Waals surface area contributed by atoms with Gasteiger partial charge < -0.3 is 10.6 Å². The van der Waals surface area contributed by atoms with Crippen molar-refractivity contribution in [3.05, 3.63) is 0 Å². The van der Waals surface area contributed by atoms with Crippen molar-refractivity contribution < 1.29 is 9.53 Å². The SMILES string of the molecule is CCOC(=O)/C(C#N)=N/N. The van der Waals surface area contributed by atoms with Gasteiger partial charge in [-0.3, -0.25) is 0 Å². The number of rotatable bonds is 2. The Balaban J connectivity index is 4.08. The lowest BCUT2D eigenvalue weighted by Crippen LogP contribution is -2.17. The van der Waals surface area contributed by atoms with Gasteiger partial charge in [-0.2, -0.15) is 10.4 Å². The van der Waals surface area contributed by atoms with Crippen LogP contribution in [0.15, 0.2) is 5.10 Å². The summed E-state index contributed by atoms with van der Waals surface area (Å²) in [5.74, 6) is 3.89. The van der Waals surface area contributed by atoms with E-state index in [1.54, 1.807) is 6.92 Å². The lowest BCUT2D eigenvalue weighted by Gasteiger charge is -1.95. The molecule has 0 heterocycles. The molecule has 0 aromatic carbocycles. The standard InChI is InChI=1S/C5H7N3O2/c1-2-10-5(9)4(3-6)8-7/h2,7H2,1H3/b8-4+. The fourth-order valence-corrected chi connectivity index (χ4v) is 0.327. The minimum absolute atomic E-state index is 0.208. The maximum absolute atomic E-state index is 10.5. The summed E-state index contributed by atoms with van der Waals surface area (Å²) in [6, 6.07) is 1.49. The smallest absolute Gasteiger partial charge is 0.369 e. The molecule has 0 radical (unpaired) electrons. The molecule has 0 saturated carbocycles. The Labute approximate surface area is 58.1 Å². The second-order valence-electron chi connectivity index (χ2n) is 1.31. The highest BCUT2D eigenvalue weighted by atomic mass is 16.5. The molecule has 0 amide bonds. The second kappa shape index (κ2) is 4.32. The quantitative estimate of drug-likeness (QED) is 0.240. The summed E-state index contributed by atoms with van der Waals surface area (Å²) in [6.45, 7) is 1.84. The number of hydrazone groups is 1. The zero-order valence-electron chi connectivity index (χ0n) is 5.50. The van der Waals surface area contributed by atoms with Crippen LogP contribution in [0, 0.1) is 11.3 Å². The Hall–Kier alpha value is -1.57. The third kappa shape index (κ3) is 2.13. The lowest BCUT2D eigenvalue weighted by atomic mass is 10.4. The van der Waals surface area contributed by atoms with E-state index in [2.05, 4.69) is 15.7 Å². The van der Waals surface area contributed by atoms with Gasteiger partial charge in [-0.1, -0.05) is 0 Å². The molecule has 0 unspecified atom stereocenters. The maximum Gasteiger partial charge on any atom is 0.369 e. The zero-order chi connectivity index (χ0) is 7.98. The highest BCUT2D eigenvalue weighted by Gasteiger charge is 2.09. The molecule has 0 aliphatic rings. The first-order valence-electron chi connectivity index (χ1n) is 2.61. The van der Waals surface area contributed by atoms with Gasteiger partial charge in [0.2, 0.25) is 5.71 Å². The predicted octanol–water partition coefficient (Wildman–Crippen LogP) is -0.612. The number of hydrogen-bond donors (Lipinski definition) is 1. The molecule has 0 fully saturated rings. The van der Waals surface area contributed by atoms with Crippen LogP contribution in [0.1, 0.15) is 6.92 Å². The van der Waals surface area contributed by atoms with E-state index >= 15 is 0 Å². The summed E-state index contributed by atoms with van der Waals surface area (Å²) in [7, 11) is 0. The molecule has 2 N–H and O–H groups in total. The Morgan fingerprint density at radius 2 is 2.50 bits per heavy atom. The van der Waals surface area contributed by atoms with Gasteiger partial charge in [-0.15, -0.1) is 0 Å². The van der Waals surface area contributed by atoms with E-state index in [1.807, 2.05) is 0 Å². The molecule has 0 aromatic rings. The van der Waals surface area contributed by atoms with Crippen LogP contribution in [0.5, 0.6) is 0 Å². The summed E-state index contributed by atoms with van der Waals surface area (Å²) in [5, 5.41) is 11.1. The number of carbonyl (C=O) groups is 1. The molecule has 54 valence electrons. The molecular formula is C5H7N3O2. The van der Waals surface area contributed by atoms with Crippen molar-refractivity contribution in [2.75, 3.05) is 6.61 Å². The van der Waals surface area contributed by atoms with E-state index in [1.165, 1.54) is 6.07 Å². The molecule has 0 bridgehead atoms. The van der Waals surface area contributed by atoms with Gasteiger partial charge in [0, 0.05) is 0 Å². The van der Waals surface area contributed by atoms with Crippen LogP contribution < -0.4 is 5.84 Å². The number of carbonyl (C=O) groups excluding carboxylic acids is 1. The van der Waals surface area contributed by atoms with Gasteiger partial charge in [-0.25, -0.2) is 4.79 Å². The number of nitriles is 1. The Morgan fingerprint density at radius 3 is 2.80 bits per heavy atom. The summed E-state index contributed by atoms with van der Waals surface area (Å²) in [5.41, 5.74) is -0.415. The van der Waals surface area contributed by atoms with Crippen LogP contribution >= 0.6 is 0 Å². The normalized spacial score (nSPS) is 10.2. The fourth-order valence-electron chi connectivity index (χ4n) is 0.327. The molecule has 5 heteroatoms. The molecule has 0 rings (SSSR count). The summed E-state index contributed by atoms with van der Waals surface area (Å²) >= 11 is 0. The van der Waals surface area contributed by atoms with Gasteiger partial charge in [-0.05, 0) is 6.92 Å². The Morgan fingerprint density at radius 1 is 1.90 bits per heavy atom. The van der Waals surface area contributed by atoms with Crippen molar-refractivity contribution in [2.24, 2.45) is 10.9 Å². The van der Waals surface area contributed by atoms with Crippen LogP contribution in [-0.2, 0) is 9.53 Å². The minimum Gasteiger partial charge on any atom is -0.461 e. The van der Waals surface area contributed by atoms with Crippen LogP contribution in [0.4, 0.5) is 0 Å². The summed E-state index contributed by atoms with van der Waals surface area (Å²) in [6.07, 6.45) is 0. The highest BCUT2D eigenvalue weighted by molar-refractivity contribution is 6.42. The first-order valence-corrected chi connectivity index (χ1v) is 2.61. The lowest BCUT2D eigenvalue weighted by molar-refractivity contribution is -0.134. The van der Waals surface area contributed by atoms with Crippen molar-refractivity contribution >= 4 is 11.7 Å². The third-order valence-electron chi connectivity index (χ3n) is 0.704. The van der Waals surface area contributed by atoms with Gasteiger partial charge in [0.1, 0.15) is 6.07 Å². The van der Waals surface area contributed by atoms with Crippen LogP contribution in [0.3, 0.4) is 0 Å². The van der Waals surface area contributed by atoms with Crippen molar-refractivity contribution in [1.29, 1.82) is 5.26 Å². The second-order valence-corrected chi connectivity index (χ2v) is 1.31. The Bertz CT molecular complexity index is 192. The molecule has 0 aromatic heterocycles. The summed E-state index contributed by atoms with van der Waals surface area (Å²) in [4.78, 5) is 10.5. The van der Waals surface area contributed by atoms with E-state index < -0.39 is 11.7 Å². The highest BCUT2D eigenvalue weighted by Crippen LogP contribution is 1.80. The number of ether oxygens (including phenoxy) is 1. The van der Waals surface area contributed by atoms with Crippen molar-refractivity contribution in [3.63, 3.8) is 0 Å². The molecular weight excluding hydrogens is 134 g/mol. The van der Waals surface area contributed by atoms with E-state index in [0.29, 0.717) is 0 Å². The van der Waals surface area contributed by atoms with Crippen LogP contribution in [-0.4, -0.2) is 18.3 Å². The molecule has 10 heavy (non-hydrogen) atoms. The largest absolute Gasteiger partial charge is 0.461 e. The monoisotopic (exact) mass is 141 g/mol. The number of hydrogen-bond acceptors (Lipinski definition) is 5. The van der Waals surface area contributed by atoms with E-state index in [9.17, 15) is 4.79 Å². The fraction of sp³-hybridized carbons (Fsp3) is 0.400. The first kappa shape index (κ1) is 8.43. The zero-order valence-corrected chi connectivity index (χ0v) is 5.50. The van der Waals surface area contributed by atoms with Gasteiger partial charge in [0.15, 0.2) is 0 Å². The Kier molecular flexibility index (Phi) is 3.64. The van der Waals surface area contributed by atoms with Crippen molar-refractivity contribution in [1.82, 2.24) is 0 Å². The maximum atomic E-state index is 10.5. The predicted molar refractivity (Wildman–Crippen MR) is 33.9 cm³/mol. The minimum atomic E-state index is -0.785. The molecule has 0 saturated heterocycles. The third-order valence-corrected chi connectivity index (χ3v) is 0.704. The van der Waals surface area contributed by atoms with Crippen molar-refractivity contribution in [2.45, 2.75) is 6.92 Å². The van der Waals surface area contributed by atoms with Crippen LogP contribution in [0.2, 0.25) is 0 Å². The molecule has 0 atom stereocenters. The van der Waals surface area contributed by atoms with Gasteiger partial charge in [0.25, 0.3) is 0 Å². The average Bonchev–Trinajstić information content (AvgIpc) is 1.91. The first-order chi connectivity index (χ1) is 4.76. The molecule has 0 spiro atoms. The molecule has 0 aliphatic heterocycles. The van der Waals surface area contributed by atoms with Crippen LogP contribution in [0.25, 0.3) is 0 Å². The van der Waals surface area contributed by atoms with Crippen molar-refractivity contribution in [3.8, 4) is 6.07 Å². The van der Waals surface area contributed by atoms with E-state index in [4.69, 9.17) is 5.26 Å².